The Morgan fingerprint density at radius 3 is 2.78 bits per heavy atom. The summed E-state index contributed by atoms with van der Waals surface area (Å²) in [5.74, 6) is -0.622. The van der Waals surface area contributed by atoms with E-state index in [0.717, 1.165) is 11.8 Å². The minimum Gasteiger partial charge on any atom is -0.376 e. The second-order valence-electron chi connectivity index (χ2n) is 3.69. The molecule has 1 N–H and O–H groups in total. The molecule has 94 valence electrons. The van der Waals surface area contributed by atoms with E-state index in [1.54, 1.807) is 19.2 Å². The Hall–Kier alpha value is -1.56. The highest BCUT2D eigenvalue weighted by atomic mass is 79.9. The molecule has 0 bridgehead atoms. The largest absolute Gasteiger partial charge is 0.376 e. The number of aromatic nitrogens is 2. The molecule has 1 heterocycles. The summed E-state index contributed by atoms with van der Waals surface area (Å²) < 4.78 is 26.8. The maximum absolute atomic E-state index is 13.5. The number of nitrogens with zero attached hydrogens (tertiary/aromatic N) is 2. The summed E-state index contributed by atoms with van der Waals surface area (Å²) in [5.41, 5.74) is 0.950. The summed E-state index contributed by atoms with van der Waals surface area (Å²) in [7, 11) is 0. The lowest BCUT2D eigenvalue weighted by atomic mass is 10.3. The predicted molar refractivity (Wildman–Crippen MR) is 68.2 cm³/mol. The second-order valence-corrected chi connectivity index (χ2v) is 4.55. The first kappa shape index (κ1) is 12.9. The van der Waals surface area contributed by atoms with Crippen LogP contribution >= 0.6 is 15.9 Å². The van der Waals surface area contributed by atoms with Gasteiger partial charge in [0.25, 0.3) is 0 Å². The van der Waals surface area contributed by atoms with Gasteiger partial charge in [0.15, 0.2) is 0 Å². The van der Waals surface area contributed by atoms with Crippen molar-refractivity contribution in [2.24, 2.45) is 0 Å². The molecule has 0 spiro atoms. The van der Waals surface area contributed by atoms with Gasteiger partial charge in [0.05, 0.1) is 17.9 Å². The molecule has 0 amide bonds. The highest BCUT2D eigenvalue weighted by Gasteiger charge is 2.09. The number of aryl methyl sites for hydroxylation is 1. The van der Waals surface area contributed by atoms with Gasteiger partial charge in [-0.25, -0.2) is 18.7 Å². The maximum atomic E-state index is 13.5. The van der Waals surface area contributed by atoms with Crippen LogP contribution in [0.25, 0.3) is 0 Å². The molecule has 2 aromatic rings. The highest BCUT2D eigenvalue weighted by molar-refractivity contribution is 9.10. The molecular formula is C12H10BrF2N3. The number of nitrogens with one attached hydrogen (secondary N) is 1. The molecule has 0 unspecified atom stereocenters. The van der Waals surface area contributed by atoms with E-state index in [2.05, 4.69) is 31.2 Å². The van der Waals surface area contributed by atoms with E-state index < -0.39 is 11.6 Å². The molecule has 0 aliphatic heterocycles. The van der Waals surface area contributed by atoms with Crippen LogP contribution in [0.1, 0.15) is 11.5 Å². The smallest absolute Gasteiger partial charge is 0.150 e. The van der Waals surface area contributed by atoms with Crippen LogP contribution in [0.3, 0.4) is 0 Å². The molecule has 0 aliphatic carbocycles. The molecule has 1 aromatic carbocycles. The molecule has 0 atom stereocenters. The van der Waals surface area contributed by atoms with Crippen LogP contribution < -0.4 is 5.32 Å². The third-order valence-corrected chi connectivity index (χ3v) is 2.91. The van der Waals surface area contributed by atoms with Gasteiger partial charge < -0.3 is 5.32 Å². The van der Waals surface area contributed by atoms with Crippen LogP contribution in [0.4, 0.5) is 14.5 Å². The van der Waals surface area contributed by atoms with Gasteiger partial charge in [-0.1, -0.05) is 0 Å². The standard InChI is InChI=1S/C12H10BrF2N3/c1-7-16-3-2-9(18-7)6-17-12-10(13)4-8(14)5-11(12)15/h2-5,17H,6H2,1H3. The lowest BCUT2D eigenvalue weighted by Gasteiger charge is -2.09. The van der Waals surface area contributed by atoms with Gasteiger partial charge in [-0.3, -0.25) is 0 Å². The van der Waals surface area contributed by atoms with Gasteiger partial charge in [-0.15, -0.1) is 0 Å². The Labute approximate surface area is 111 Å². The molecule has 0 radical (unpaired) electrons. The SMILES string of the molecule is Cc1nccc(CNc2c(F)cc(F)cc2Br)n1. The number of hydrogen-bond acceptors (Lipinski definition) is 3. The van der Waals surface area contributed by atoms with Crippen molar-refractivity contribution in [3.63, 3.8) is 0 Å². The summed E-state index contributed by atoms with van der Waals surface area (Å²) in [6.45, 7) is 2.11. The lowest BCUT2D eigenvalue weighted by Crippen LogP contribution is -2.05. The Morgan fingerprint density at radius 2 is 2.11 bits per heavy atom. The number of halogens is 3. The van der Waals surface area contributed by atoms with Gasteiger partial charge in [-0.05, 0) is 35.0 Å². The van der Waals surface area contributed by atoms with E-state index in [4.69, 9.17) is 0 Å². The Bertz CT molecular complexity index is 552. The Kier molecular flexibility index (Phi) is 3.86. The van der Waals surface area contributed by atoms with Gasteiger partial charge in [0.1, 0.15) is 17.5 Å². The normalized spacial score (nSPS) is 10.4. The fourth-order valence-corrected chi connectivity index (χ4v) is 2.04. The zero-order chi connectivity index (χ0) is 13.1. The fourth-order valence-electron chi connectivity index (χ4n) is 1.49. The van der Waals surface area contributed by atoms with E-state index in [9.17, 15) is 8.78 Å². The third-order valence-electron chi connectivity index (χ3n) is 2.29. The minimum atomic E-state index is -0.646. The summed E-state index contributed by atoms with van der Waals surface area (Å²) in [4.78, 5) is 8.15. The highest BCUT2D eigenvalue weighted by Crippen LogP contribution is 2.27. The summed E-state index contributed by atoms with van der Waals surface area (Å²) in [6.07, 6.45) is 1.63. The summed E-state index contributed by atoms with van der Waals surface area (Å²) in [5, 5.41) is 2.87. The van der Waals surface area contributed by atoms with Crippen molar-refractivity contribution in [1.82, 2.24) is 9.97 Å². The Morgan fingerprint density at radius 1 is 1.33 bits per heavy atom. The zero-order valence-electron chi connectivity index (χ0n) is 9.54. The van der Waals surface area contributed by atoms with Crippen molar-refractivity contribution in [3.05, 3.63) is 52.0 Å². The molecule has 18 heavy (non-hydrogen) atoms. The molecular weight excluding hydrogens is 304 g/mol. The molecule has 0 fully saturated rings. The molecule has 3 nitrogen and oxygen atoms in total. The van der Waals surface area contributed by atoms with E-state index in [0.29, 0.717) is 16.8 Å². The van der Waals surface area contributed by atoms with Gasteiger partial charge >= 0.3 is 0 Å². The Balaban J connectivity index is 2.16. The van der Waals surface area contributed by atoms with Crippen molar-refractivity contribution in [2.75, 3.05) is 5.32 Å². The fraction of sp³-hybridized carbons (Fsp3) is 0.167. The number of benzene rings is 1. The minimum absolute atomic E-state index is 0.215. The van der Waals surface area contributed by atoms with E-state index in [1.807, 2.05) is 0 Å². The number of anilines is 1. The van der Waals surface area contributed by atoms with Gasteiger partial charge in [0, 0.05) is 16.7 Å². The van der Waals surface area contributed by atoms with E-state index >= 15 is 0 Å². The van der Waals surface area contributed by atoms with E-state index in [-0.39, 0.29) is 5.69 Å². The summed E-state index contributed by atoms with van der Waals surface area (Å²) in [6, 6.07) is 3.77. The van der Waals surface area contributed by atoms with Crippen LogP contribution in [0.2, 0.25) is 0 Å². The van der Waals surface area contributed by atoms with Gasteiger partial charge in [-0.2, -0.15) is 0 Å². The van der Waals surface area contributed by atoms with Crippen molar-refractivity contribution < 1.29 is 8.78 Å². The van der Waals surface area contributed by atoms with Crippen molar-refractivity contribution in [1.29, 1.82) is 0 Å². The average molecular weight is 314 g/mol. The second kappa shape index (κ2) is 5.39. The first-order chi connectivity index (χ1) is 8.56. The molecule has 0 aliphatic rings. The molecule has 6 heteroatoms. The molecule has 2 rings (SSSR count). The number of hydrogen-bond donors (Lipinski definition) is 1. The van der Waals surface area contributed by atoms with Crippen molar-refractivity contribution >= 4 is 21.6 Å². The molecule has 0 saturated carbocycles. The first-order valence-corrected chi connectivity index (χ1v) is 6.02. The van der Waals surface area contributed by atoms with Crippen LogP contribution in [0.15, 0.2) is 28.9 Å². The summed E-state index contributed by atoms with van der Waals surface area (Å²) >= 11 is 3.11. The lowest BCUT2D eigenvalue weighted by molar-refractivity contribution is 0.583. The monoisotopic (exact) mass is 313 g/mol. The topological polar surface area (TPSA) is 37.8 Å². The van der Waals surface area contributed by atoms with Gasteiger partial charge in [0.2, 0.25) is 0 Å². The van der Waals surface area contributed by atoms with Crippen molar-refractivity contribution in [3.8, 4) is 0 Å². The van der Waals surface area contributed by atoms with Crippen LogP contribution in [0, 0.1) is 18.6 Å². The van der Waals surface area contributed by atoms with Crippen LogP contribution in [0.5, 0.6) is 0 Å². The van der Waals surface area contributed by atoms with Crippen LogP contribution in [-0.2, 0) is 6.54 Å². The maximum Gasteiger partial charge on any atom is 0.150 e. The number of rotatable bonds is 3. The van der Waals surface area contributed by atoms with Crippen LogP contribution in [-0.4, -0.2) is 9.97 Å². The quantitative estimate of drug-likeness (QED) is 0.943. The third kappa shape index (κ3) is 3.01. The zero-order valence-corrected chi connectivity index (χ0v) is 11.1. The first-order valence-electron chi connectivity index (χ1n) is 5.23. The molecule has 0 saturated heterocycles. The van der Waals surface area contributed by atoms with Crippen molar-refractivity contribution in [2.45, 2.75) is 13.5 Å². The van der Waals surface area contributed by atoms with E-state index in [1.165, 1.54) is 6.07 Å². The average Bonchev–Trinajstić information content (AvgIpc) is 2.27. The molecule has 1 aromatic heterocycles. The predicted octanol–water partition coefficient (Wildman–Crippen LogP) is 3.44.